The fourth-order valence-electron chi connectivity index (χ4n) is 1.95. The number of rotatable bonds is 4. The third-order valence-corrected chi connectivity index (χ3v) is 3.73. The van der Waals surface area contributed by atoms with Crippen molar-refractivity contribution in [3.8, 4) is 0 Å². The molecule has 102 valence electrons. The number of imidazole rings is 1. The van der Waals surface area contributed by atoms with Gasteiger partial charge in [0.1, 0.15) is 11.6 Å². The van der Waals surface area contributed by atoms with Gasteiger partial charge in [0.2, 0.25) is 0 Å². The first-order valence-electron chi connectivity index (χ1n) is 6.34. The molecule has 2 aromatic heterocycles. The van der Waals surface area contributed by atoms with Crippen molar-refractivity contribution < 1.29 is 0 Å². The van der Waals surface area contributed by atoms with Gasteiger partial charge in [0, 0.05) is 18.8 Å². The lowest BCUT2D eigenvalue weighted by atomic mass is 10.3. The normalized spacial score (nSPS) is 10.9. The molecule has 0 unspecified atom stereocenters. The lowest BCUT2D eigenvalue weighted by Gasteiger charge is -2.04. The minimum absolute atomic E-state index is 0.691. The number of anilines is 1. The van der Waals surface area contributed by atoms with Gasteiger partial charge in [-0.15, -0.1) is 0 Å². The fraction of sp³-hybridized carbons (Fsp3) is 0.214. The second-order valence-corrected chi connectivity index (χ2v) is 5.37. The van der Waals surface area contributed by atoms with Crippen molar-refractivity contribution in [2.45, 2.75) is 17.8 Å². The van der Waals surface area contributed by atoms with Gasteiger partial charge in [-0.3, -0.25) is 0 Å². The highest BCUT2D eigenvalue weighted by Crippen LogP contribution is 2.22. The molecule has 0 bridgehead atoms. The molecule has 0 aliphatic carbocycles. The number of aromatic nitrogens is 4. The van der Waals surface area contributed by atoms with E-state index in [1.54, 1.807) is 11.8 Å². The zero-order valence-electron chi connectivity index (χ0n) is 11.3. The number of hydrogen-bond donors (Lipinski definition) is 2. The number of nitrogens with zero attached hydrogens (tertiary/aromatic N) is 3. The molecule has 0 saturated heterocycles. The molecule has 3 aromatic rings. The molecule has 0 amide bonds. The lowest BCUT2D eigenvalue weighted by Crippen LogP contribution is -2.00. The van der Waals surface area contributed by atoms with Crippen LogP contribution in [0.2, 0.25) is 0 Å². The zero-order chi connectivity index (χ0) is 13.9. The molecule has 5 nitrogen and oxygen atoms in total. The van der Waals surface area contributed by atoms with Gasteiger partial charge in [0.05, 0.1) is 16.8 Å². The van der Waals surface area contributed by atoms with Crippen molar-refractivity contribution in [3.05, 3.63) is 41.9 Å². The average molecular weight is 285 g/mol. The zero-order valence-corrected chi connectivity index (χ0v) is 12.2. The number of benzene rings is 1. The van der Waals surface area contributed by atoms with Crippen LogP contribution in [-0.4, -0.2) is 27.0 Å². The highest BCUT2D eigenvalue weighted by Gasteiger charge is 2.06. The number of thioether (sulfide) groups is 1. The summed E-state index contributed by atoms with van der Waals surface area (Å²) in [5, 5.41) is 3.94. The van der Waals surface area contributed by atoms with E-state index in [-0.39, 0.29) is 0 Å². The first kappa shape index (κ1) is 12.9. The van der Waals surface area contributed by atoms with Gasteiger partial charge in [-0.05, 0) is 19.1 Å². The molecule has 0 aliphatic heterocycles. The maximum atomic E-state index is 4.53. The third-order valence-electron chi connectivity index (χ3n) is 2.86. The Morgan fingerprint density at radius 1 is 1.20 bits per heavy atom. The van der Waals surface area contributed by atoms with E-state index in [0.717, 1.165) is 33.5 Å². The summed E-state index contributed by atoms with van der Waals surface area (Å²) in [5.41, 5.74) is 3.00. The standard InChI is InChI=1S/C14H15N5S/c1-9-7-12(15-2)19-13(16-9)8-20-14-17-10-5-3-4-6-11(10)18-14/h3-7H,8H2,1-2H3,(H,17,18)(H,15,16,19). The van der Waals surface area contributed by atoms with Gasteiger partial charge in [0.25, 0.3) is 0 Å². The van der Waals surface area contributed by atoms with Gasteiger partial charge >= 0.3 is 0 Å². The van der Waals surface area contributed by atoms with Crippen LogP contribution in [0.1, 0.15) is 11.5 Å². The van der Waals surface area contributed by atoms with Crippen LogP contribution in [0.4, 0.5) is 5.82 Å². The van der Waals surface area contributed by atoms with Crippen LogP contribution in [0.25, 0.3) is 11.0 Å². The summed E-state index contributed by atoms with van der Waals surface area (Å²) in [6.07, 6.45) is 0. The van der Waals surface area contributed by atoms with Crippen molar-refractivity contribution in [3.63, 3.8) is 0 Å². The van der Waals surface area contributed by atoms with E-state index in [2.05, 4.69) is 25.3 Å². The predicted molar refractivity (Wildman–Crippen MR) is 82.0 cm³/mol. The smallest absolute Gasteiger partial charge is 0.166 e. The first-order valence-corrected chi connectivity index (χ1v) is 7.33. The van der Waals surface area contributed by atoms with Crippen LogP contribution >= 0.6 is 11.8 Å². The van der Waals surface area contributed by atoms with Gasteiger partial charge in [-0.2, -0.15) is 0 Å². The Morgan fingerprint density at radius 3 is 2.85 bits per heavy atom. The summed E-state index contributed by atoms with van der Waals surface area (Å²) >= 11 is 1.61. The molecule has 6 heteroatoms. The van der Waals surface area contributed by atoms with Crippen LogP contribution in [-0.2, 0) is 5.75 Å². The number of hydrogen-bond acceptors (Lipinski definition) is 5. The molecular formula is C14H15N5S. The first-order chi connectivity index (χ1) is 9.74. The molecule has 0 radical (unpaired) electrons. The van der Waals surface area contributed by atoms with Crippen molar-refractivity contribution in [2.75, 3.05) is 12.4 Å². The van der Waals surface area contributed by atoms with Gasteiger partial charge in [-0.25, -0.2) is 15.0 Å². The van der Waals surface area contributed by atoms with Crippen LogP contribution in [0.3, 0.4) is 0 Å². The van der Waals surface area contributed by atoms with E-state index >= 15 is 0 Å². The Morgan fingerprint density at radius 2 is 2.05 bits per heavy atom. The molecule has 0 spiro atoms. The highest BCUT2D eigenvalue weighted by atomic mass is 32.2. The van der Waals surface area contributed by atoms with Gasteiger partial charge in [0.15, 0.2) is 5.16 Å². The second kappa shape index (κ2) is 5.50. The SMILES string of the molecule is CNc1cc(C)nc(CSc2nc3ccccc3[nH]2)n1. The summed E-state index contributed by atoms with van der Waals surface area (Å²) in [5.74, 6) is 2.34. The molecule has 2 heterocycles. The van der Waals surface area contributed by atoms with E-state index in [4.69, 9.17) is 0 Å². The van der Waals surface area contributed by atoms with Crippen molar-refractivity contribution in [1.29, 1.82) is 0 Å². The van der Waals surface area contributed by atoms with Crippen LogP contribution in [0, 0.1) is 6.92 Å². The maximum Gasteiger partial charge on any atom is 0.166 e. The van der Waals surface area contributed by atoms with Crippen molar-refractivity contribution >= 4 is 28.6 Å². The summed E-state index contributed by atoms with van der Waals surface area (Å²) < 4.78 is 0. The third kappa shape index (κ3) is 2.75. The van der Waals surface area contributed by atoms with Crippen molar-refractivity contribution in [2.24, 2.45) is 0 Å². The van der Waals surface area contributed by atoms with E-state index in [1.165, 1.54) is 0 Å². The Labute approximate surface area is 121 Å². The molecule has 0 aliphatic rings. The molecule has 0 atom stereocenters. The summed E-state index contributed by atoms with van der Waals surface area (Å²) in [6, 6.07) is 9.93. The molecule has 0 saturated carbocycles. The minimum Gasteiger partial charge on any atom is -0.373 e. The predicted octanol–water partition coefficient (Wildman–Crippen LogP) is 3.00. The number of aryl methyl sites for hydroxylation is 1. The van der Waals surface area contributed by atoms with E-state index in [1.807, 2.05) is 44.3 Å². The topological polar surface area (TPSA) is 66.5 Å². The van der Waals surface area contributed by atoms with E-state index in [9.17, 15) is 0 Å². The van der Waals surface area contributed by atoms with Crippen LogP contribution in [0.15, 0.2) is 35.5 Å². The fourth-order valence-corrected chi connectivity index (χ4v) is 2.69. The number of nitrogens with one attached hydrogen (secondary N) is 2. The second-order valence-electron chi connectivity index (χ2n) is 4.41. The summed E-state index contributed by atoms with van der Waals surface area (Å²) in [4.78, 5) is 16.7. The number of H-pyrrole nitrogens is 1. The van der Waals surface area contributed by atoms with Gasteiger partial charge in [-0.1, -0.05) is 23.9 Å². The highest BCUT2D eigenvalue weighted by molar-refractivity contribution is 7.98. The average Bonchev–Trinajstić information content (AvgIpc) is 2.87. The number of para-hydroxylation sites is 2. The largest absolute Gasteiger partial charge is 0.373 e. The molecule has 2 N–H and O–H groups in total. The van der Waals surface area contributed by atoms with Gasteiger partial charge < -0.3 is 10.3 Å². The number of aromatic amines is 1. The Kier molecular flexibility index (Phi) is 3.56. The maximum absolute atomic E-state index is 4.53. The summed E-state index contributed by atoms with van der Waals surface area (Å²) in [6.45, 7) is 1.97. The molecular weight excluding hydrogens is 270 g/mol. The molecule has 1 aromatic carbocycles. The Balaban J connectivity index is 1.77. The summed E-state index contributed by atoms with van der Waals surface area (Å²) in [7, 11) is 1.86. The molecule has 0 fully saturated rings. The Hall–Kier alpha value is -2.08. The monoisotopic (exact) mass is 285 g/mol. The minimum atomic E-state index is 0.691. The van der Waals surface area contributed by atoms with E-state index in [0.29, 0.717) is 5.75 Å². The molecule has 3 rings (SSSR count). The lowest BCUT2D eigenvalue weighted by molar-refractivity contribution is 0.989. The quantitative estimate of drug-likeness (QED) is 0.721. The van der Waals surface area contributed by atoms with Crippen LogP contribution < -0.4 is 5.32 Å². The van der Waals surface area contributed by atoms with E-state index < -0.39 is 0 Å². The van der Waals surface area contributed by atoms with Crippen LogP contribution in [0.5, 0.6) is 0 Å². The van der Waals surface area contributed by atoms with Crippen molar-refractivity contribution in [1.82, 2.24) is 19.9 Å². The Bertz CT molecular complexity index is 704. The molecule has 20 heavy (non-hydrogen) atoms. The number of fused-ring (bicyclic) bond motifs is 1.